The van der Waals surface area contributed by atoms with Gasteiger partial charge in [-0.2, -0.15) is 52.7 Å². The maximum atomic E-state index is 13.0. The van der Waals surface area contributed by atoms with E-state index in [-0.39, 0.29) is 22.3 Å². The molecule has 330 valence electrons. The zero-order valence-corrected chi connectivity index (χ0v) is 31.5. The molecule has 2 amide bonds. The molecule has 0 heterocycles. The number of alkyl carbamates (subject to hydrolysis) is 2. The van der Waals surface area contributed by atoms with Gasteiger partial charge in [0, 0.05) is 11.1 Å². The van der Waals surface area contributed by atoms with E-state index < -0.39 is 111 Å². The van der Waals surface area contributed by atoms with Crippen LogP contribution in [0.3, 0.4) is 0 Å². The number of nitrogens with one attached hydrogen (secondary N) is 2. The highest BCUT2D eigenvalue weighted by molar-refractivity contribution is 5.87. The summed E-state index contributed by atoms with van der Waals surface area (Å²) in [7, 11) is 0. The summed E-state index contributed by atoms with van der Waals surface area (Å²) >= 11 is 0. The molecular formula is C34H40F12N2O10. The number of halogens is 12. The van der Waals surface area contributed by atoms with Crippen molar-refractivity contribution in [3.8, 4) is 0 Å². The molecule has 58 heavy (non-hydrogen) atoms. The average Bonchev–Trinajstić information content (AvgIpc) is 3.02. The number of ether oxygens (including phenoxy) is 6. The molecule has 1 aromatic carbocycles. The molecule has 0 saturated heterocycles. The number of esters is 2. The number of rotatable bonds is 18. The first-order chi connectivity index (χ1) is 26.1. The van der Waals surface area contributed by atoms with Crippen molar-refractivity contribution in [2.45, 2.75) is 102 Å². The minimum absolute atomic E-state index is 0.211. The van der Waals surface area contributed by atoms with Crippen molar-refractivity contribution >= 4 is 24.1 Å². The Morgan fingerprint density at radius 2 is 0.862 bits per heavy atom. The number of carbonyl (C=O) groups is 4. The fourth-order valence-corrected chi connectivity index (χ4v) is 4.29. The van der Waals surface area contributed by atoms with Crippen molar-refractivity contribution in [2.75, 3.05) is 26.4 Å². The molecule has 24 heteroatoms. The predicted octanol–water partition coefficient (Wildman–Crippen LogP) is 7.60. The average molecular weight is 865 g/mol. The van der Waals surface area contributed by atoms with E-state index in [0.717, 1.165) is 0 Å². The van der Waals surface area contributed by atoms with Crippen LogP contribution in [0.15, 0.2) is 48.6 Å². The van der Waals surface area contributed by atoms with Crippen molar-refractivity contribution in [1.82, 2.24) is 10.6 Å². The summed E-state index contributed by atoms with van der Waals surface area (Å²) in [5.74, 6) is -2.25. The van der Waals surface area contributed by atoms with E-state index >= 15 is 0 Å². The Morgan fingerprint density at radius 3 is 1.12 bits per heavy atom. The lowest BCUT2D eigenvalue weighted by Crippen LogP contribution is -2.48. The van der Waals surface area contributed by atoms with Crippen LogP contribution in [-0.2, 0) is 49.1 Å². The Labute approximate surface area is 323 Å². The molecule has 2 unspecified atom stereocenters. The molecule has 1 rings (SSSR count). The Morgan fingerprint density at radius 1 is 0.569 bits per heavy atom. The summed E-state index contributed by atoms with van der Waals surface area (Å²) < 4.78 is 184. The first kappa shape index (κ1) is 51.3. The van der Waals surface area contributed by atoms with Gasteiger partial charge in [0.2, 0.25) is 12.2 Å². The van der Waals surface area contributed by atoms with E-state index in [9.17, 15) is 71.9 Å². The lowest BCUT2D eigenvalue weighted by atomic mass is 9.87. The molecule has 1 aromatic rings. The first-order valence-corrected chi connectivity index (χ1v) is 16.3. The van der Waals surface area contributed by atoms with Gasteiger partial charge in [0.05, 0.1) is 24.3 Å². The summed E-state index contributed by atoms with van der Waals surface area (Å²) in [6, 6.07) is 5.62. The van der Waals surface area contributed by atoms with E-state index in [1.165, 1.54) is 65.8 Å². The van der Waals surface area contributed by atoms with Gasteiger partial charge < -0.3 is 39.1 Å². The maximum absolute atomic E-state index is 13.0. The van der Waals surface area contributed by atoms with Gasteiger partial charge in [-0.15, -0.1) is 0 Å². The van der Waals surface area contributed by atoms with Gasteiger partial charge in [0.1, 0.15) is 13.2 Å². The molecule has 0 aliphatic rings. The van der Waals surface area contributed by atoms with Crippen molar-refractivity contribution in [2.24, 2.45) is 0 Å². The fraction of sp³-hybridized carbons (Fsp3) is 0.588. The molecular weight excluding hydrogens is 824 g/mol. The summed E-state index contributed by atoms with van der Waals surface area (Å²) in [6.07, 6.45) is -39.1. The van der Waals surface area contributed by atoms with Crippen molar-refractivity contribution in [3.05, 3.63) is 59.7 Å². The molecule has 0 aliphatic carbocycles. The lowest BCUT2D eigenvalue weighted by molar-refractivity contribution is -0.325. The zero-order chi connectivity index (χ0) is 45.2. The second-order valence-electron chi connectivity index (χ2n) is 13.5. The molecule has 0 spiro atoms. The smallest absolute Gasteiger partial charge is 0.423 e. The summed E-state index contributed by atoms with van der Waals surface area (Å²) in [6.45, 7) is 9.16. The summed E-state index contributed by atoms with van der Waals surface area (Å²) in [4.78, 5) is 49.4. The van der Waals surface area contributed by atoms with Gasteiger partial charge >= 0.3 is 48.8 Å². The Balaban J connectivity index is 3.23. The number of carbonyl (C=O) groups excluding carboxylic acids is 4. The van der Waals surface area contributed by atoms with Crippen molar-refractivity contribution < 1.29 is 100 Å². The van der Waals surface area contributed by atoms with Crippen LogP contribution in [0.25, 0.3) is 0 Å². The number of amides is 2. The van der Waals surface area contributed by atoms with E-state index in [2.05, 4.69) is 33.3 Å². The van der Waals surface area contributed by atoms with Crippen LogP contribution in [0.1, 0.15) is 52.7 Å². The Kier molecular flexibility index (Phi) is 17.5. The molecule has 0 aromatic heterocycles. The Hall–Kier alpha value is -4.74. The largest absolute Gasteiger partial charge is 0.458 e. The molecule has 0 saturated carbocycles. The molecule has 0 radical (unpaired) electrons. The number of benzene rings is 1. The van der Waals surface area contributed by atoms with Crippen LogP contribution in [0.5, 0.6) is 0 Å². The molecule has 0 aliphatic heterocycles. The normalized spacial score (nSPS) is 14.0. The van der Waals surface area contributed by atoms with Gasteiger partial charge in [-0.05, 0) is 52.7 Å². The predicted molar refractivity (Wildman–Crippen MR) is 175 cm³/mol. The molecule has 0 bridgehead atoms. The molecule has 2 atom stereocenters. The third kappa shape index (κ3) is 17.0. The highest BCUT2D eigenvalue weighted by atomic mass is 19.4. The second kappa shape index (κ2) is 19.8. The number of hydrogen-bond acceptors (Lipinski definition) is 10. The SMILES string of the molecule is C=C(C)C(=O)OCC(COC(C(F)(F)F)C(F)(F)F)OC(=O)NC(C)(C)c1cccc(C(C)(C)NC(=O)OC(COC(=O)C(=C)C)COC(C(F)(F)F)C(F)(F)F)c1. The standard InChI is InChI=1S/C34H40F12N2O10/c1-17(2)23(49)53-13-21(15-55-25(31(35,36)37)32(38,39)40)57-27(51)47-29(5,6)19-10-9-11-20(12-19)30(7,8)48-28(52)58-22(14-54-24(50)18(3)4)16-56-26(33(41,42)43)34(44,45)46/h9-12,21-22,25-26H,1,3,13-16H2,2,4-8H3,(H,47,51)(H,48,52). The lowest BCUT2D eigenvalue weighted by Gasteiger charge is -2.32. The monoisotopic (exact) mass is 864 g/mol. The third-order valence-corrected chi connectivity index (χ3v) is 7.27. The van der Waals surface area contributed by atoms with Crippen LogP contribution >= 0.6 is 0 Å². The number of alkyl halides is 12. The number of hydrogen-bond donors (Lipinski definition) is 2. The molecule has 2 N–H and O–H groups in total. The highest BCUT2D eigenvalue weighted by Crippen LogP contribution is 2.37. The summed E-state index contributed by atoms with van der Waals surface area (Å²) in [5, 5.41) is 4.66. The van der Waals surface area contributed by atoms with E-state index in [1.54, 1.807) is 0 Å². The van der Waals surface area contributed by atoms with Gasteiger partial charge in [-0.3, -0.25) is 0 Å². The molecule has 12 nitrogen and oxygen atoms in total. The highest BCUT2D eigenvalue weighted by Gasteiger charge is 2.59. The van der Waals surface area contributed by atoms with Crippen LogP contribution in [0, 0.1) is 0 Å². The van der Waals surface area contributed by atoms with Gasteiger partial charge in [0.15, 0.2) is 12.2 Å². The van der Waals surface area contributed by atoms with E-state index in [4.69, 9.17) is 18.9 Å². The fourth-order valence-electron chi connectivity index (χ4n) is 4.29. The van der Waals surface area contributed by atoms with E-state index in [1.807, 2.05) is 0 Å². The molecule has 0 fully saturated rings. The minimum Gasteiger partial charge on any atom is -0.458 e. The summed E-state index contributed by atoms with van der Waals surface area (Å²) in [5.41, 5.74) is -2.98. The van der Waals surface area contributed by atoms with E-state index in [0.29, 0.717) is 0 Å². The van der Waals surface area contributed by atoms with Crippen molar-refractivity contribution in [3.63, 3.8) is 0 Å². The maximum Gasteiger partial charge on any atom is 0.423 e. The van der Waals surface area contributed by atoms with Crippen LogP contribution in [0.2, 0.25) is 0 Å². The third-order valence-electron chi connectivity index (χ3n) is 7.27. The van der Waals surface area contributed by atoms with Crippen LogP contribution < -0.4 is 10.6 Å². The van der Waals surface area contributed by atoms with Gasteiger partial charge in [-0.25, -0.2) is 19.2 Å². The second-order valence-corrected chi connectivity index (χ2v) is 13.5. The quantitative estimate of drug-likeness (QED) is 0.0655. The zero-order valence-electron chi connectivity index (χ0n) is 31.5. The topological polar surface area (TPSA) is 148 Å². The van der Waals surface area contributed by atoms with Crippen molar-refractivity contribution in [1.29, 1.82) is 0 Å². The Bertz CT molecular complexity index is 1480. The van der Waals surface area contributed by atoms with Crippen LogP contribution in [0.4, 0.5) is 62.3 Å². The minimum atomic E-state index is -5.92. The van der Waals surface area contributed by atoms with Gasteiger partial charge in [-0.1, -0.05) is 37.4 Å². The first-order valence-electron chi connectivity index (χ1n) is 16.3. The van der Waals surface area contributed by atoms with Gasteiger partial charge in [0.25, 0.3) is 0 Å². The van der Waals surface area contributed by atoms with Crippen LogP contribution in [-0.4, -0.2) is 99.7 Å².